The number of carbonyl (C=O) groups excluding carboxylic acids is 1. The maximum Gasteiger partial charge on any atom is 0.286 e. The van der Waals surface area contributed by atoms with E-state index in [1.54, 1.807) is 24.3 Å². The number of hydrogen-bond donors (Lipinski definition) is 2. The third kappa shape index (κ3) is 29.9. The second-order valence-corrected chi connectivity index (χ2v) is 9.91. The zero-order valence-corrected chi connectivity index (χ0v) is 24.3. The van der Waals surface area contributed by atoms with Crippen LogP contribution in [0.1, 0.15) is 122 Å². The van der Waals surface area contributed by atoms with Crippen molar-refractivity contribution in [2.75, 3.05) is 0 Å². The molecule has 0 saturated carbocycles. The minimum atomic E-state index is -0.638. The molecular weight excluding hydrogens is 486 g/mol. The van der Waals surface area contributed by atoms with Crippen LogP contribution in [0.3, 0.4) is 0 Å². The summed E-state index contributed by atoms with van der Waals surface area (Å²) in [7, 11) is 0. The fourth-order valence-corrected chi connectivity index (χ4v) is 3.95. The lowest BCUT2D eigenvalue weighted by Crippen LogP contribution is -1.99. The van der Waals surface area contributed by atoms with Crippen molar-refractivity contribution in [2.24, 2.45) is 5.18 Å². The van der Waals surface area contributed by atoms with E-state index in [-0.39, 0.29) is 0 Å². The minimum absolute atomic E-state index is 0.308. The van der Waals surface area contributed by atoms with Crippen molar-refractivity contribution < 1.29 is 15.0 Å². The minimum Gasteiger partial charge on any atom is -0.389 e. The Kier molecular flexibility index (Phi) is 28.0. The molecule has 0 aliphatic carbocycles. The van der Waals surface area contributed by atoms with Gasteiger partial charge in [-0.05, 0) is 44.6 Å². The van der Waals surface area contributed by atoms with E-state index in [4.69, 9.17) is 0 Å². The first-order valence-electron chi connectivity index (χ1n) is 15.1. The van der Waals surface area contributed by atoms with Gasteiger partial charge >= 0.3 is 0 Å². The van der Waals surface area contributed by atoms with Gasteiger partial charge < -0.3 is 10.2 Å². The Bertz CT molecular complexity index is 798. The van der Waals surface area contributed by atoms with Crippen molar-refractivity contribution in [1.29, 1.82) is 0 Å². The molecule has 0 spiro atoms. The number of aliphatic hydroxyl groups excluding tert-OH is 2. The molecule has 5 nitrogen and oxygen atoms in total. The van der Waals surface area contributed by atoms with Crippen molar-refractivity contribution in [1.82, 2.24) is 0 Å². The summed E-state index contributed by atoms with van der Waals surface area (Å²) in [5.74, 6) is 5.06. The molecule has 0 radical (unpaired) electrons. The molecule has 0 heterocycles. The maximum absolute atomic E-state index is 10.8. The number of allylic oxidation sites excluding steroid dienone is 7. The molecule has 0 aliphatic heterocycles. The number of nitrogens with zero attached hydrogens (tertiary/aromatic N) is 1. The Morgan fingerprint density at radius 3 is 1.97 bits per heavy atom. The molecule has 0 aromatic rings. The molecule has 0 saturated heterocycles. The van der Waals surface area contributed by atoms with E-state index in [0.717, 1.165) is 38.5 Å². The molecule has 39 heavy (non-hydrogen) atoms. The number of aliphatic hydroxyl groups is 2. The smallest absolute Gasteiger partial charge is 0.286 e. The Balaban J connectivity index is 3.54. The van der Waals surface area contributed by atoms with Crippen molar-refractivity contribution in [3.05, 3.63) is 65.7 Å². The molecule has 0 bridgehead atoms. The van der Waals surface area contributed by atoms with E-state index in [9.17, 15) is 19.9 Å². The van der Waals surface area contributed by atoms with Gasteiger partial charge in [0.25, 0.3) is 5.91 Å². The largest absolute Gasteiger partial charge is 0.389 e. The number of amides is 1. The SMILES string of the molecule is CC/C=C\C[C@H](O)C#C/C=C/C=C/C(O)C/C=C\C/C=C\CCCCCCCCCCCCCCC(=O)N=O. The van der Waals surface area contributed by atoms with Crippen molar-refractivity contribution in [3.8, 4) is 11.8 Å². The van der Waals surface area contributed by atoms with Crippen LogP contribution in [-0.4, -0.2) is 28.3 Å². The molecular formula is C34H53NO4. The molecule has 1 amide bonds. The number of nitroso groups, excluding NO2 is 1. The van der Waals surface area contributed by atoms with Crippen LogP contribution in [0.4, 0.5) is 0 Å². The van der Waals surface area contributed by atoms with Gasteiger partial charge in [0.1, 0.15) is 6.10 Å². The number of carbonyl (C=O) groups is 1. The van der Waals surface area contributed by atoms with Crippen LogP contribution < -0.4 is 0 Å². The van der Waals surface area contributed by atoms with Gasteiger partial charge in [-0.15, -0.1) is 4.91 Å². The highest BCUT2D eigenvalue weighted by atomic mass is 16.3. The zero-order valence-electron chi connectivity index (χ0n) is 24.3. The van der Waals surface area contributed by atoms with Crippen molar-refractivity contribution in [2.45, 2.75) is 135 Å². The number of hydrogen-bond acceptors (Lipinski definition) is 4. The molecule has 2 N–H and O–H groups in total. The van der Waals surface area contributed by atoms with E-state index < -0.39 is 18.1 Å². The second kappa shape index (κ2) is 30.0. The van der Waals surface area contributed by atoms with Gasteiger partial charge in [-0.3, -0.25) is 4.79 Å². The molecule has 0 fully saturated rings. The van der Waals surface area contributed by atoms with Crippen LogP contribution in [0.25, 0.3) is 0 Å². The number of unbranched alkanes of at least 4 members (excludes halogenated alkanes) is 12. The lowest BCUT2D eigenvalue weighted by molar-refractivity contribution is -0.118. The molecule has 0 aromatic carbocycles. The summed E-state index contributed by atoms with van der Waals surface area (Å²) in [5, 5.41) is 22.1. The molecule has 5 heteroatoms. The Labute approximate surface area is 238 Å². The van der Waals surface area contributed by atoms with Gasteiger partial charge in [0.05, 0.1) is 6.10 Å². The van der Waals surface area contributed by atoms with Crippen LogP contribution in [0.2, 0.25) is 0 Å². The highest BCUT2D eigenvalue weighted by molar-refractivity contribution is 5.76. The normalized spacial score (nSPS) is 13.6. The lowest BCUT2D eigenvalue weighted by atomic mass is 10.0. The summed E-state index contributed by atoms with van der Waals surface area (Å²) in [6, 6.07) is 0. The molecule has 0 aromatic heterocycles. The summed E-state index contributed by atoms with van der Waals surface area (Å²) >= 11 is 0. The fourth-order valence-electron chi connectivity index (χ4n) is 3.95. The predicted octanol–water partition coefficient (Wildman–Crippen LogP) is 8.83. The fraction of sp³-hybridized carbons (Fsp3) is 0.618. The standard InChI is InChI=1S/C34H53NO4/c1-2-3-22-27-32(36)29-24-20-21-25-30-33(37)28-23-18-16-14-12-10-8-6-4-5-7-9-11-13-15-17-19-26-31-34(38)35-39/h3,12,14,18,20-23,25,30,32-33,36-37H,2,4-11,13,15-17,19,26-28,31H2,1H3/b14-12-,21-20+,22-3-,23-18-,30-25+/t32-,33?/m0/s1. The molecule has 1 unspecified atom stereocenters. The molecule has 0 rings (SSSR count). The third-order valence-electron chi connectivity index (χ3n) is 6.23. The van der Waals surface area contributed by atoms with Gasteiger partial charge in [-0.2, -0.15) is 0 Å². The summed E-state index contributed by atoms with van der Waals surface area (Å²) in [5.41, 5.74) is 0. The Hall–Kier alpha value is -2.55. The lowest BCUT2D eigenvalue weighted by Gasteiger charge is -2.02. The van der Waals surface area contributed by atoms with Gasteiger partial charge in [-0.25, -0.2) is 0 Å². The van der Waals surface area contributed by atoms with Crippen LogP contribution >= 0.6 is 0 Å². The molecule has 0 aliphatic rings. The molecule has 218 valence electrons. The van der Waals surface area contributed by atoms with E-state index in [0.29, 0.717) is 19.3 Å². The van der Waals surface area contributed by atoms with Crippen LogP contribution in [0.15, 0.2) is 65.9 Å². The van der Waals surface area contributed by atoms with Crippen LogP contribution in [0.5, 0.6) is 0 Å². The van der Waals surface area contributed by atoms with Gasteiger partial charge in [0.2, 0.25) is 0 Å². The maximum atomic E-state index is 10.8. The highest BCUT2D eigenvalue weighted by Crippen LogP contribution is 2.13. The van der Waals surface area contributed by atoms with Crippen molar-refractivity contribution in [3.63, 3.8) is 0 Å². The van der Waals surface area contributed by atoms with Gasteiger partial charge in [0, 0.05) is 18.0 Å². The summed E-state index contributed by atoms with van der Waals surface area (Å²) in [6.45, 7) is 2.05. The Morgan fingerprint density at radius 1 is 0.744 bits per heavy atom. The zero-order chi connectivity index (χ0) is 28.7. The van der Waals surface area contributed by atoms with Crippen molar-refractivity contribution >= 4 is 5.91 Å². The second-order valence-electron chi connectivity index (χ2n) is 9.91. The predicted molar refractivity (Wildman–Crippen MR) is 165 cm³/mol. The topological polar surface area (TPSA) is 87.0 Å². The van der Waals surface area contributed by atoms with Crippen LogP contribution in [0, 0.1) is 16.7 Å². The quantitative estimate of drug-likeness (QED) is 0.0422. The number of rotatable bonds is 24. The van der Waals surface area contributed by atoms with E-state index in [1.165, 1.54) is 57.8 Å². The summed E-state index contributed by atoms with van der Waals surface area (Å²) in [6.07, 6.45) is 37.4. The van der Waals surface area contributed by atoms with E-state index >= 15 is 0 Å². The average Bonchev–Trinajstić information content (AvgIpc) is 2.93. The van der Waals surface area contributed by atoms with E-state index in [2.05, 4.69) is 42.2 Å². The first kappa shape index (κ1) is 36.5. The van der Waals surface area contributed by atoms with E-state index in [1.807, 2.05) is 18.2 Å². The highest BCUT2D eigenvalue weighted by Gasteiger charge is 1.99. The first-order valence-corrected chi connectivity index (χ1v) is 15.1. The summed E-state index contributed by atoms with van der Waals surface area (Å²) < 4.78 is 0. The van der Waals surface area contributed by atoms with Gasteiger partial charge in [0.15, 0.2) is 0 Å². The van der Waals surface area contributed by atoms with Gasteiger partial charge in [-0.1, -0.05) is 138 Å². The monoisotopic (exact) mass is 539 g/mol. The first-order chi connectivity index (χ1) is 19.1. The average molecular weight is 540 g/mol. The Morgan fingerprint density at radius 2 is 1.33 bits per heavy atom. The summed E-state index contributed by atoms with van der Waals surface area (Å²) in [4.78, 5) is 20.8. The molecule has 2 atom stereocenters. The van der Waals surface area contributed by atoms with Crippen LogP contribution in [-0.2, 0) is 4.79 Å². The third-order valence-corrected chi connectivity index (χ3v) is 6.23.